The summed E-state index contributed by atoms with van der Waals surface area (Å²) >= 11 is 5.87. The summed E-state index contributed by atoms with van der Waals surface area (Å²) < 4.78 is 41.1. The van der Waals surface area contributed by atoms with Gasteiger partial charge >= 0.3 is 0 Å². The van der Waals surface area contributed by atoms with Crippen LogP contribution >= 0.6 is 11.6 Å². The Bertz CT molecular complexity index is 953. The lowest BCUT2D eigenvalue weighted by atomic mass is 10.0. The fourth-order valence-corrected chi connectivity index (χ4v) is 4.92. The summed E-state index contributed by atoms with van der Waals surface area (Å²) in [5, 5.41) is -0.204. The van der Waals surface area contributed by atoms with Crippen LogP contribution in [-0.2, 0) is 14.8 Å². The Morgan fingerprint density at radius 3 is 2.61 bits per heavy atom. The molecule has 1 saturated heterocycles. The zero-order valence-electron chi connectivity index (χ0n) is 15.5. The molecule has 2 aromatic rings. The van der Waals surface area contributed by atoms with E-state index in [2.05, 4.69) is 6.92 Å². The van der Waals surface area contributed by atoms with Gasteiger partial charge in [0.15, 0.2) is 0 Å². The van der Waals surface area contributed by atoms with Crippen molar-refractivity contribution in [3.05, 3.63) is 59.4 Å². The topological polar surface area (TPSA) is 57.7 Å². The smallest absolute Gasteiger partial charge is 0.264 e. The van der Waals surface area contributed by atoms with Crippen LogP contribution in [0.2, 0.25) is 5.02 Å². The standard InChI is InChI=1S/C20H22ClFN2O3S/c1-15-6-5-11-23(13-15)20(25)14-24(16-9-10-19(22)18(21)12-16)28(26,27)17-7-3-2-4-8-17/h2-4,7-10,12,15H,5-6,11,13-14H2,1H3/t15-/m0/s1. The van der Waals surface area contributed by atoms with Gasteiger partial charge in [-0.3, -0.25) is 9.10 Å². The zero-order valence-corrected chi connectivity index (χ0v) is 17.1. The summed E-state index contributed by atoms with van der Waals surface area (Å²) in [5.74, 6) is -0.567. The molecule has 1 atom stereocenters. The highest BCUT2D eigenvalue weighted by atomic mass is 35.5. The summed E-state index contributed by atoms with van der Waals surface area (Å²) in [7, 11) is -4.03. The Balaban J connectivity index is 1.97. The Morgan fingerprint density at radius 1 is 1.25 bits per heavy atom. The van der Waals surface area contributed by atoms with E-state index in [1.165, 1.54) is 24.3 Å². The first-order valence-electron chi connectivity index (χ1n) is 9.09. The van der Waals surface area contributed by atoms with Crippen molar-refractivity contribution < 1.29 is 17.6 Å². The third kappa shape index (κ3) is 4.47. The van der Waals surface area contributed by atoms with E-state index in [4.69, 9.17) is 11.6 Å². The van der Waals surface area contributed by atoms with E-state index in [9.17, 15) is 17.6 Å². The van der Waals surface area contributed by atoms with Crippen molar-refractivity contribution in [3.8, 4) is 0 Å². The van der Waals surface area contributed by atoms with Crippen molar-refractivity contribution in [2.75, 3.05) is 23.9 Å². The molecular weight excluding hydrogens is 403 g/mol. The number of rotatable bonds is 5. The van der Waals surface area contributed by atoms with Crippen LogP contribution in [0.25, 0.3) is 0 Å². The third-order valence-electron chi connectivity index (χ3n) is 4.81. The number of hydrogen-bond acceptors (Lipinski definition) is 3. The minimum atomic E-state index is -4.03. The van der Waals surface area contributed by atoms with Crippen LogP contribution in [0.5, 0.6) is 0 Å². The van der Waals surface area contributed by atoms with Crippen molar-refractivity contribution in [1.82, 2.24) is 4.90 Å². The van der Waals surface area contributed by atoms with Crippen LogP contribution in [0, 0.1) is 11.7 Å². The van der Waals surface area contributed by atoms with Crippen LogP contribution in [0.3, 0.4) is 0 Å². The number of hydrogen-bond donors (Lipinski definition) is 0. The first-order valence-corrected chi connectivity index (χ1v) is 10.9. The van der Waals surface area contributed by atoms with Gasteiger partial charge in [0.25, 0.3) is 10.0 Å². The lowest BCUT2D eigenvalue weighted by Crippen LogP contribution is -2.46. The van der Waals surface area contributed by atoms with E-state index in [0.717, 1.165) is 23.2 Å². The summed E-state index contributed by atoms with van der Waals surface area (Å²) in [4.78, 5) is 14.6. The Labute approximate surface area is 169 Å². The Morgan fingerprint density at radius 2 is 1.96 bits per heavy atom. The average molecular weight is 425 g/mol. The Hall–Kier alpha value is -2.12. The molecule has 0 N–H and O–H groups in total. The van der Waals surface area contributed by atoms with Crippen LogP contribution in [-0.4, -0.2) is 38.9 Å². The molecule has 1 amide bonds. The molecule has 1 heterocycles. The van der Waals surface area contributed by atoms with E-state index in [1.54, 1.807) is 23.1 Å². The van der Waals surface area contributed by atoms with E-state index in [0.29, 0.717) is 19.0 Å². The van der Waals surface area contributed by atoms with E-state index in [-0.39, 0.29) is 28.1 Å². The maximum Gasteiger partial charge on any atom is 0.264 e. The summed E-state index contributed by atoms with van der Waals surface area (Å²) in [6, 6.07) is 11.5. The molecule has 1 aliphatic heterocycles. The average Bonchev–Trinajstić information content (AvgIpc) is 2.68. The van der Waals surface area contributed by atoms with Gasteiger partial charge in [0.1, 0.15) is 12.4 Å². The monoisotopic (exact) mass is 424 g/mol. The van der Waals surface area contributed by atoms with Gasteiger partial charge in [-0.15, -0.1) is 0 Å². The van der Waals surface area contributed by atoms with Gasteiger partial charge in [0.2, 0.25) is 5.91 Å². The van der Waals surface area contributed by atoms with Gasteiger partial charge in [-0.05, 0) is 49.1 Å². The number of amides is 1. The maximum atomic E-state index is 13.6. The number of sulfonamides is 1. The van der Waals surface area contributed by atoms with Crippen molar-refractivity contribution in [2.45, 2.75) is 24.7 Å². The molecule has 28 heavy (non-hydrogen) atoms. The Kier molecular flexibility index (Phi) is 6.25. The van der Waals surface area contributed by atoms with Crippen LogP contribution in [0.15, 0.2) is 53.4 Å². The summed E-state index contributed by atoms with van der Waals surface area (Å²) in [6.07, 6.45) is 1.93. The second-order valence-electron chi connectivity index (χ2n) is 7.01. The van der Waals surface area contributed by atoms with Crippen LogP contribution in [0.1, 0.15) is 19.8 Å². The quantitative estimate of drug-likeness (QED) is 0.730. The van der Waals surface area contributed by atoms with Gasteiger partial charge in [-0.25, -0.2) is 12.8 Å². The molecule has 150 valence electrons. The number of carbonyl (C=O) groups excluding carboxylic acids is 1. The normalized spacial score (nSPS) is 17.4. The van der Waals surface area contributed by atoms with Crippen molar-refractivity contribution in [3.63, 3.8) is 0 Å². The predicted octanol–water partition coefficient (Wildman–Crippen LogP) is 3.93. The first kappa shape index (κ1) is 20.6. The number of piperidine rings is 1. The maximum absolute atomic E-state index is 13.6. The second-order valence-corrected chi connectivity index (χ2v) is 9.28. The minimum absolute atomic E-state index is 0.0512. The molecule has 0 radical (unpaired) electrons. The van der Waals surface area contributed by atoms with Crippen molar-refractivity contribution >= 4 is 33.2 Å². The largest absolute Gasteiger partial charge is 0.341 e. The molecule has 5 nitrogen and oxygen atoms in total. The first-order chi connectivity index (χ1) is 13.3. The minimum Gasteiger partial charge on any atom is -0.341 e. The predicted molar refractivity (Wildman–Crippen MR) is 107 cm³/mol. The molecular formula is C20H22ClFN2O3S. The van der Waals surface area contributed by atoms with E-state index in [1.807, 2.05) is 0 Å². The SMILES string of the molecule is C[C@H]1CCCN(C(=O)CN(c2ccc(F)c(Cl)c2)S(=O)(=O)c2ccccc2)C1. The zero-order chi connectivity index (χ0) is 20.3. The lowest BCUT2D eigenvalue weighted by molar-refractivity contribution is -0.131. The van der Waals surface area contributed by atoms with E-state index < -0.39 is 15.8 Å². The lowest BCUT2D eigenvalue weighted by Gasteiger charge is -2.33. The fourth-order valence-electron chi connectivity index (χ4n) is 3.31. The van der Waals surface area contributed by atoms with Gasteiger partial charge in [0.05, 0.1) is 15.6 Å². The third-order valence-corrected chi connectivity index (χ3v) is 6.89. The van der Waals surface area contributed by atoms with Crippen molar-refractivity contribution in [2.24, 2.45) is 5.92 Å². The summed E-state index contributed by atoms with van der Waals surface area (Å²) in [6.45, 7) is 2.90. The number of halogens is 2. The number of likely N-dealkylation sites (tertiary alicyclic amines) is 1. The molecule has 0 aromatic heterocycles. The second kappa shape index (κ2) is 8.49. The van der Waals surface area contributed by atoms with E-state index >= 15 is 0 Å². The van der Waals surface area contributed by atoms with Crippen LogP contribution < -0.4 is 4.31 Å². The van der Waals surface area contributed by atoms with Crippen molar-refractivity contribution in [1.29, 1.82) is 0 Å². The highest BCUT2D eigenvalue weighted by Gasteiger charge is 2.30. The molecule has 0 aliphatic carbocycles. The number of anilines is 1. The molecule has 1 aliphatic rings. The van der Waals surface area contributed by atoms with Gasteiger partial charge in [-0.2, -0.15) is 0 Å². The molecule has 8 heteroatoms. The molecule has 0 spiro atoms. The van der Waals surface area contributed by atoms with Gasteiger partial charge in [0, 0.05) is 13.1 Å². The number of benzene rings is 2. The summed E-state index contributed by atoms with van der Waals surface area (Å²) in [5.41, 5.74) is 0.147. The van der Waals surface area contributed by atoms with Crippen LogP contribution in [0.4, 0.5) is 10.1 Å². The number of nitrogens with zero attached hydrogens (tertiary/aromatic N) is 2. The molecule has 0 unspecified atom stereocenters. The molecule has 0 bridgehead atoms. The van der Waals surface area contributed by atoms with Gasteiger partial charge in [-0.1, -0.05) is 36.7 Å². The highest BCUT2D eigenvalue weighted by Crippen LogP contribution is 2.28. The molecule has 2 aromatic carbocycles. The molecule has 1 fully saturated rings. The molecule has 0 saturated carbocycles. The van der Waals surface area contributed by atoms with Gasteiger partial charge < -0.3 is 4.90 Å². The number of carbonyl (C=O) groups is 1. The fraction of sp³-hybridized carbons (Fsp3) is 0.350. The highest BCUT2D eigenvalue weighted by molar-refractivity contribution is 7.92. The molecule has 3 rings (SSSR count).